The van der Waals surface area contributed by atoms with Crippen molar-refractivity contribution in [3.8, 4) is 0 Å². The summed E-state index contributed by atoms with van der Waals surface area (Å²) in [5.74, 6) is -0.365. The largest absolute Gasteiger partial charge is 0.444 e. The summed E-state index contributed by atoms with van der Waals surface area (Å²) in [4.78, 5) is 25.3. The average Bonchev–Trinajstić information content (AvgIpc) is 2.72. The number of amidine groups is 1. The van der Waals surface area contributed by atoms with E-state index >= 15 is 4.39 Å². The first-order valence-electron chi connectivity index (χ1n) is 11.0. The minimum absolute atomic E-state index is 0.0162. The van der Waals surface area contributed by atoms with Crippen molar-refractivity contribution in [1.82, 2.24) is 15.3 Å². The second-order valence-corrected chi connectivity index (χ2v) is 10.8. The lowest BCUT2D eigenvalue weighted by molar-refractivity contribution is -0.0520. The van der Waals surface area contributed by atoms with Gasteiger partial charge in [-0.25, -0.2) is 23.5 Å². The molecule has 2 fully saturated rings. The Balaban J connectivity index is 1.63. The summed E-state index contributed by atoms with van der Waals surface area (Å²) in [6.45, 7) is 6.28. The van der Waals surface area contributed by atoms with Crippen LogP contribution in [0, 0.1) is 11.8 Å². The number of amides is 1. The van der Waals surface area contributed by atoms with Gasteiger partial charge in [-0.15, -0.1) is 0 Å². The molecular formula is C22H30F2N4O3S. The number of carbonyl (C=O) groups is 1. The van der Waals surface area contributed by atoms with Crippen molar-refractivity contribution in [3.63, 3.8) is 0 Å². The zero-order chi connectivity index (χ0) is 22.9. The summed E-state index contributed by atoms with van der Waals surface area (Å²) in [7, 11) is 0. The molecule has 1 aromatic rings. The number of nitrogens with one attached hydrogen (secondary N) is 1. The lowest BCUT2D eigenvalue weighted by Gasteiger charge is -2.51. The Labute approximate surface area is 191 Å². The number of aromatic nitrogens is 2. The minimum Gasteiger partial charge on any atom is -0.444 e. The zero-order valence-corrected chi connectivity index (χ0v) is 19.4. The number of thioether (sulfide) groups is 1. The van der Waals surface area contributed by atoms with E-state index in [0.717, 1.165) is 0 Å². The van der Waals surface area contributed by atoms with E-state index in [2.05, 4.69) is 15.3 Å². The summed E-state index contributed by atoms with van der Waals surface area (Å²) < 4.78 is 41.4. The molecule has 1 aliphatic carbocycles. The zero-order valence-electron chi connectivity index (χ0n) is 18.6. The van der Waals surface area contributed by atoms with Crippen LogP contribution in [0.25, 0.3) is 0 Å². The molecule has 3 aliphatic rings. The predicted molar refractivity (Wildman–Crippen MR) is 118 cm³/mol. The first kappa shape index (κ1) is 23.4. The number of alkyl halides is 2. The van der Waals surface area contributed by atoms with Crippen LogP contribution in [0.4, 0.5) is 13.6 Å². The standard InChI is InChI=1S/C22H30F2N4O3S/c1-21(2,3)31-20(29)27-19-28-22(4-5-30-10-14(22)11-32-19)16-6-15(17(23)7-18(16)24)13-8-25-12-26-9-13/h8-9,12,14-18H,4-7,10-11H2,1-3H3,(H,27,28,29)/t14-,15?,16?,17?,18?,22-/m0/s1. The van der Waals surface area contributed by atoms with Gasteiger partial charge in [0, 0.05) is 48.9 Å². The Morgan fingerprint density at radius 3 is 2.72 bits per heavy atom. The molecule has 1 saturated heterocycles. The van der Waals surface area contributed by atoms with Crippen molar-refractivity contribution in [2.24, 2.45) is 16.8 Å². The van der Waals surface area contributed by atoms with Crippen molar-refractivity contribution in [2.75, 3.05) is 19.0 Å². The molecule has 1 aromatic heterocycles. The summed E-state index contributed by atoms with van der Waals surface area (Å²) in [6.07, 6.45) is 2.04. The van der Waals surface area contributed by atoms with Crippen molar-refractivity contribution in [2.45, 2.75) is 69.4 Å². The summed E-state index contributed by atoms with van der Waals surface area (Å²) in [5, 5.41) is 3.16. The number of halogens is 2. The van der Waals surface area contributed by atoms with Gasteiger partial charge in [-0.2, -0.15) is 0 Å². The predicted octanol–water partition coefficient (Wildman–Crippen LogP) is 4.05. The monoisotopic (exact) mass is 468 g/mol. The molecule has 0 radical (unpaired) electrons. The van der Waals surface area contributed by atoms with Crippen LogP contribution >= 0.6 is 11.8 Å². The van der Waals surface area contributed by atoms with Gasteiger partial charge in [0.25, 0.3) is 0 Å². The van der Waals surface area contributed by atoms with Crippen LogP contribution in [0.3, 0.4) is 0 Å². The molecule has 0 bridgehead atoms. The van der Waals surface area contributed by atoms with Gasteiger partial charge in [0.1, 0.15) is 24.3 Å². The summed E-state index contributed by atoms with van der Waals surface area (Å²) in [5.41, 5.74) is -0.725. The molecule has 0 aromatic carbocycles. The number of rotatable bonds is 2. The first-order chi connectivity index (χ1) is 15.2. The quantitative estimate of drug-likeness (QED) is 0.705. The molecule has 1 amide bonds. The van der Waals surface area contributed by atoms with Crippen LogP contribution in [0.15, 0.2) is 23.7 Å². The Morgan fingerprint density at radius 2 is 2.00 bits per heavy atom. The van der Waals surface area contributed by atoms with Crippen molar-refractivity contribution in [3.05, 3.63) is 24.3 Å². The molecular weight excluding hydrogens is 438 g/mol. The SMILES string of the molecule is CC(C)(C)OC(=O)NC1=N[C@@]2(C3CC(c4cncnc4)C(F)CC3F)CCOC[C@H]2CS1. The van der Waals surface area contributed by atoms with E-state index in [1.54, 1.807) is 33.2 Å². The molecule has 7 nitrogen and oxygen atoms in total. The lowest BCUT2D eigenvalue weighted by Crippen LogP contribution is -2.58. The molecule has 1 N–H and O–H groups in total. The highest BCUT2D eigenvalue weighted by Crippen LogP contribution is 2.52. The highest BCUT2D eigenvalue weighted by molar-refractivity contribution is 8.13. The molecule has 3 heterocycles. The molecule has 4 rings (SSSR count). The molecule has 4 unspecified atom stereocenters. The fraction of sp³-hybridized carbons (Fsp3) is 0.727. The minimum atomic E-state index is -1.33. The summed E-state index contributed by atoms with van der Waals surface area (Å²) >= 11 is 1.41. The second-order valence-electron chi connectivity index (χ2n) is 9.76. The van der Waals surface area contributed by atoms with E-state index in [9.17, 15) is 9.18 Å². The van der Waals surface area contributed by atoms with E-state index in [4.69, 9.17) is 14.5 Å². The second kappa shape index (κ2) is 9.21. The number of aliphatic imine (C=N–C) groups is 1. The van der Waals surface area contributed by atoms with E-state index in [0.29, 0.717) is 42.5 Å². The highest BCUT2D eigenvalue weighted by atomic mass is 32.2. The number of fused-ring (bicyclic) bond motifs is 1. The molecule has 176 valence electrons. The van der Waals surface area contributed by atoms with Crippen LogP contribution in [0.1, 0.15) is 51.5 Å². The lowest BCUT2D eigenvalue weighted by atomic mass is 9.62. The van der Waals surface area contributed by atoms with Gasteiger partial charge in [0.05, 0.1) is 12.1 Å². The highest BCUT2D eigenvalue weighted by Gasteiger charge is 2.55. The molecule has 10 heteroatoms. The van der Waals surface area contributed by atoms with E-state index in [-0.39, 0.29) is 12.3 Å². The van der Waals surface area contributed by atoms with E-state index in [1.807, 2.05) is 0 Å². The number of alkyl carbamates (subject to hydrolysis) is 1. The topological polar surface area (TPSA) is 85.7 Å². The number of hydrogen-bond donors (Lipinski definition) is 1. The third kappa shape index (κ3) is 4.90. The van der Waals surface area contributed by atoms with E-state index < -0.39 is 41.4 Å². The Morgan fingerprint density at radius 1 is 1.25 bits per heavy atom. The number of ether oxygens (including phenoxy) is 2. The third-order valence-electron chi connectivity index (χ3n) is 6.49. The fourth-order valence-corrected chi connectivity index (χ4v) is 6.19. The molecule has 2 aliphatic heterocycles. The Hall–Kier alpha value is -1.81. The van der Waals surface area contributed by atoms with Gasteiger partial charge in [-0.1, -0.05) is 11.8 Å². The normalized spacial score (nSPS) is 35.4. The maximum absolute atomic E-state index is 15.4. The maximum atomic E-state index is 15.4. The van der Waals surface area contributed by atoms with Crippen LogP contribution in [-0.4, -0.2) is 63.7 Å². The van der Waals surface area contributed by atoms with Gasteiger partial charge < -0.3 is 9.47 Å². The Kier molecular flexibility index (Phi) is 6.72. The van der Waals surface area contributed by atoms with Gasteiger partial charge in [0.2, 0.25) is 0 Å². The van der Waals surface area contributed by atoms with Crippen LogP contribution in [-0.2, 0) is 9.47 Å². The molecule has 0 spiro atoms. The molecule has 32 heavy (non-hydrogen) atoms. The fourth-order valence-electron chi connectivity index (χ4n) is 5.05. The van der Waals surface area contributed by atoms with Gasteiger partial charge in [0.15, 0.2) is 5.17 Å². The van der Waals surface area contributed by atoms with Gasteiger partial charge >= 0.3 is 6.09 Å². The van der Waals surface area contributed by atoms with Crippen LogP contribution in [0.2, 0.25) is 0 Å². The van der Waals surface area contributed by atoms with Gasteiger partial charge in [-0.05, 0) is 39.2 Å². The smallest absolute Gasteiger partial charge is 0.413 e. The maximum Gasteiger partial charge on any atom is 0.413 e. The van der Waals surface area contributed by atoms with Crippen molar-refractivity contribution in [1.29, 1.82) is 0 Å². The van der Waals surface area contributed by atoms with Crippen molar-refractivity contribution >= 4 is 23.0 Å². The van der Waals surface area contributed by atoms with Crippen molar-refractivity contribution < 1.29 is 23.0 Å². The van der Waals surface area contributed by atoms with Crippen LogP contribution < -0.4 is 5.32 Å². The number of nitrogens with zero attached hydrogens (tertiary/aromatic N) is 3. The number of hydrogen-bond acceptors (Lipinski definition) is 7. The average molecular weight is 469 g/mol. The Bertz CT molecular complexity index is 853. The first-order valence-corrected chi connectivity index (χ1v) is 12.0. The number of carbonyl (C=O) groups excluding carboxylic acids is 1. The molecule has 1 saturated carbocycles. The van der Waals surface area contributed by atoms with Gasteiger partial charge in [-0.3, -0.25) is 10.3 Å². The molecule has 6 atom stereocenters. The van der Waals surface area contributed by atoms with Crippen LogP contribution in [0.5, 0.6) is 0 Å². The van der Waals surface area contributed by atoms with E-state index in [1.165, 1.54) is 18.1 Å². The summed E-state index contributed by atoms with van der Waals surface area (Å²) in [6, 6.07) is 0. The third-order valence-corrected chi connectivity index (χ3v) is 7.53.